The fourth-order valence-corrected chi connectivity index (χ4v) is 1.72. The van der Waals surface area contributed by atoms with Gasteiger partial charge in [-0.3, -0.25) is 0 Å². The molecule has 0 spiro atoms. The van der Waals surface area contributed by atoms with Crippen LogP contribution in [0.5, 0.6) is 5.75 Å². The van der Waals surface area contributed by atoms with Crippen molar-refractivity contribution >= 4 is 23.4 Å². The number of ether oxygens (including phenoxy) is 1. The van der Waals surface area contributed by atoms with Gasteiger partial charge in [0.2, 0.25) is 0 Å². The first-order valence-electron chi connectivity index (χ1n) is 3.26. The molecule has 0 N–H and O–H groups in total. The summed E-state index contributed by atoms with van der Waals surface area (Å²) in [7, 11) is 1.50. The van der Waals surface area contributed by atoms with E-state index in [1.54, 1.807) is 12.3 Å². The first-order valence-corrected chi connectivity index (χ1v) is 4.87. The van der Waals surface area contributed by atoms with Gasteiger partial charge in [-0.05, 0) is 18.4 Å². The van der Waals surface area contributed by atoms with E-state index in [0.29, 0.717) is 10.6 Å². The number of benzene rings is 1. The minimum Gasteiger partial charge on any atom is -0.495 e. The Bertz CT molecular complexity index is 291. The van der Waals surface area contributed by atoms with E-state index in [4.69, 9.17) is 16.3 Å². The van der Waals surface area contributed by atoms with E-state index < -0.39 is 5.82 Å². The molecule has 0 amide bonds. The molecule has 0 unspecified atom stereocenters. The van der Waals surface area contributed by atoms with Crippen molar-refractivity contribution in [3.63, 3.8) is 0 Å². The average Bonchev–Trinajstić information content (AvgIpc) is 2.09. The number of rotatable bonds is 2. The molecule has 0 saturated carbocycles. The molecule has 4 heteroatoms. The van der Waals surface area contributed by atoms with Gasteiger partial charge in [-0.15, -0.1) is 11.8 Å². The summed E-state index contributed by atoms with van der Waals surface area (Å²) in [5, 5.41) is 0.125. The van der Waals surface area contributed by atoms with Crippen molar-refractivity contribution in [2.75, 3.05) is 13.4 Å². The van der Waals surface area contributed by atoms with Crippen LogP contribution in [0.3, 0.4) is 0 Å². The molecule has 0 radical (unpaired) electrons. The van der Waals surface area contributed by atoms with Crippen molar-refractivity contribution in [3.05, 3.63) is 23.0 Å². The van der Waals surface area contributed by atoms with E-state index in [0.717, 1.165) is 0 Å². The Balaban J connectivity index is 3.25. The number of methoxy groups -OCH3 is 1. The van der Waals surface area contributed by atoms with Gasteiger partial charge in [0.1, 0.15) is 5.75 Å². The number of thioether (sulfide) groups is 1. The van der Waals surface area contributed by atoms with Gasteiger partial charge in [-0.25, -0.2) is 4.39 Å². The van der Waals surface area contributed by atoms with E-state index in [9.17, 15) is 4.39 Å². The summed E-state index contributed by atoms with van der Waals surface area (Å²) in [6.07, 6.45) is 1.78. The molecule has 12 heavy (non-hydrogen) atoms. The molecular formula is C8H8ClFOS. The van der Waals surface area contributed by atoms with Crippen molar-refractivity contribution in [2.45, 2.75) is 4.90 Å². The summed E-state index contributed by atoms with van der Waals surface area (Å²) < 4.78 is 18.2. The summed E-state index contributed by atoms with van der Waals surface area (Å²) in [4.78, 5) is 0.449. The second-order valence-corrected chi connectivity index (χ2v) is 3.32. The second kappa shape index (κ2) is 4.01. The zero-order valence-electron chi connectivity index (χ0n) is 6.73. The Hall–Kier alpha value is -0.410. The molecule has 0 aromatic heterocycles. The molecule has 0 aliphatic heterocycles. The lowest BCUT2D eigenvalue weighted by atomic mass is 10.3. The van der Waals surface area contributed by atoms with E-state index in [1.165, 1.54) is 24.9 Å². The zero-order chi connectivity index (χ0) is 9.14. The SMILES string of the molecule is COc1ccc(Cl)c(F)c1SC. The predicted octanol–water partition coefficient (Wildman–Crippen LogP) is 3.21. The lowest BCUT2D eigenvalue weighted by Gasteiger charge is -2.07. The first kappa shape index (κ1) is 9.68. The smallest absolute Gasteiger partial charge is 0.159 e. The highest BCUT2D eigenvalue weighted by Crippen LogP contribution is 2.33. The van der Waals surface area contributed by atoms with Crippen molar-refractivity contribution in [1.82, 2.24) is 0 Å². The maximum atomic E-state index is 13.2. The standard InChI is InChI=1S/C8H8ClFOS/c1-11-6-4-3-5(9)7(10)8(6)12-2/h3-4H,1-2H3. The Labute approximate surface area is 79.9 Å². The van der Waals surface area contributed by atoms with Crippen LogP contribution in [0.2, 0.25) is 5.02 Å². The van der Waals surface area contributed by atoms with Gasteiger partial charge in [0.15, 0.2) is 5.82 Å². The Morgan fingerprint density at radius 1 is 1.50 bits per heavy atom. The van der Waals surface area contributed by atoms with Crippen LogP contribution in [0.4, 0.5) is 4.39 Å². The van der Waals surface area contributed by atoms with Crippen LogP contribution in [-0.4, -0.2) is 13.4 Å². The fraction of sp³-hybridized carbons (Fsp3) is 0.250. The van der Waals surface area contributed by atoms with E-state index >= 15 is 0 Å². The van der Waals surface area contributed by atoms with Crippen molar-refractivity contribution < 1.29 is 9.13 Å². The highest BCUT2D eigenvalue weighted by molar-refractivity contribution is 7.98. The monoisotopic (exact) mass is 206 g/mol. The zero-order valence-corrected chi connectivity index (χ0v) is 8.30. The topological polar surface area (TPSA) is 9.23 Å². The molecule has 1 rings (SSSR count). The van der Waals surface area contributed by atoms with Gasteiger partial charge < -0.3 is 4.74 Å². The first-order chi connectivity index (χ1) is 5.70. The van der Waals surface area contributed by atoms with Crippen molar-refractivity contribution in [1.29, 1.82) is 0 Å². The molecule has 0 aliphatic carbocycles. The Morgan fingerprint density at radius 2 is 2.17 bits per heavy atom. The molecule has 66 valence electrons. The van der Waals surface area contributed by atoms with Crippen LogP contribution >= 0.6 is 23.4 Å². The largest absolute Gasteiger partial charge is 0.495 e. The lowest BCUT2D eigenvalue weighted by Crippen LogP contribution is -1.89. The number of hydrogen-bond acceptors (Lipinski definition) is 2. The Morgan fingerprint density at radius 3 is 2.67 bits per heavy atom. The van der Waals surface area contributed by atoms with Crippen molar-refractivity contribution in [3.8, 4) is 5.75 Å². The van der Waals surface area contributed by atoms with Gasteiger partial charge >= 0.3 is 0 Å². The molecule has 0 heterocycles. The fourth-order valence-electron chi connectivity index (χ4n) is 0.865. The van der Waals surface area contributed by atoms with Gasteiger partial charge in [0.05, 0.1) is 17.0 Å². The lowest BCUT2D eigenvalue weighted by molar-refractivity contribution is 0.397. The summed E-state index contributed by atoms with van der Waals surface area (Å²) in [6, 6.07) is 3.13. The van der Waals surface area contributed by atoms with Gasteiger partial charge in [-0.2, -0.15) is 0 Å². The number of hydrogen-bond donors (Lipinski definition) is 0. The maximum Gasteiger partial charge on any atom is 0.159 e. The van der Waals surface area contributed by atoms with Crippen LogP contribution in [0.15, 0.2) is 17.0 Å². The second-order valence-electron chi connectivity index (χ2n) is 2.10. The molecule has 0 fully saturated rings. The van der Waals surface area contributed by atoms with Crippen LogP contribution in [0, 0.1) is 5.82 Å². The van der Waals surface area contributed by atoms with E-state index in [2.05, 4.69) is 0 Å². The molecule has 1 nitrogen and oxygen atoms in total. The normalized spacial score (nSPS) is 10.0. The molecule has 1 aromatic rings. The average molecular weight is 207 g/mol. The number of halogens is 2. The molecule has 0 atom stereocenters. The van der Waals surface area contributed by atoms with Gasteiger partial charge in [-0.1, -0.05) is 11.6 Å². The molecular weight excluding hydrogens is 199 g/mol. The van der Waals surface area contributed by atoms with Gasteiger partial charge in [0, 0.05) is 0 Å². The predicted molar refractivity (Wildman–Crippen MR) is 49.7 cm³/mol. The molecule has 0 bridgehead atoms. The summed E-state index contributed by atoms with van der Waals surface area (Å²) in [5.74, 6) is 0.105. The minimum atomic E-state index is -0.413. The third kappa shape index (κ3) is 1.67. The molecule has 0 saturated heterocycles. The summed E-state index contributed by atoms with van der Waals surface area (Å²) >= 11 is 6.85. The quantitative estimate of drug-likeness (QED) is 0.688. The highest BCUT2D eigenvalue weighted by Gasteiger charge is 2.11. The summed E-state index contributed by atoms with van der Waals surface area (Å²) in [6.45, 7) is 0. The van der Waals surface area contributed by atoms with Crippen LogP contribution in [0.1, 0.15) is 0 Å². The van der Waals surface area contributed by atoms with Gasteiger partial charge in [0.25, 0.3) is 0 Å². The maximum absolute atomic E-state index is 13.2. The van der Waals surface area contributed by atoms with Crippen LogP contribution in [-0.2, 0) is 0 Å². The Kier molecular flexibility index (Phi) is 3.23. The molecule has 0 aliphatic rings. The van der Waals surface area contributed by atoms with Crippen LogP contribution < -0.4 is 4.74 Å². The van der Waals surface area contributed by atoms with E-state index in [-0.39, 0.29) is 5.02 Å². The van der Waals surface area contributed by atoms with Crippen molar-refractivity contribution in [2.24, 2.45) is 0 Å². The minimum absolute atomic E-state index is 0.125. The third-order valence-corrected chi connectivity index (χ3v) is 2.52. The third-order valence-electron chi connectivity index (χ3n) is 1.44. The summed E-state index contributed by atoms with van der Waals surface area (Å²) in [5.41, 5.74) is 0. The van der Waals surface area contributed by atoms with E-state index in [1.807, 2.05) is 0 Å². The van der Waals surface area contributed by atoms with Crippen LogP contribution in [0.25, 0.3) is 0 Å². The highest BCUT2D eigenvalue weighted by atomic mass is 35.5. The molecule has 1 aromatic carbocycles.